The van der Waals surface area contributed by atoms with Crippen LogP contribution in [0.2, 0.25) is 0 Å². The lowest BCUT2D eigenvalue weighted by molar-refractivity contribution is -0.384. The minimum atomic E-state index is -0.542. The Bertz CT molecular complexity index is 495. The maximum atomic E-state index is 11.7. The number of hydrogen-bond acceptors (Lipinski definition) is 4. The van der Waals surface area contributed by atoms with E-state index in [0.29, 0.717) is 0 Å². The highest BCUT2D eigenvalue weighted by atomic mass is 16.6. The predicted octanol–water partition coefficient (Wildman–Crippen LogP) is 2.36. The Hall–Kier alpha value is -2.24. The van der Waals surface area contributed by atoms with Crippen molar-refractivity contribution in [3.63, 3.8) is 0 Å². The van der Waals surface area contributed by atoms with Crippen LogP contribution >= 0.6 is 0 Å². The van der Waals surface area contributed by atoms with E-state index in [4.69, 9.17) is 0 Å². The largest absolute Gasteiger partial charge is 0.271 e. The molecule has 0 spiro atoms. The van der Waals surface area contributed by atoms with Gasteiger partial charge in [0.1, 0.15) is 0 Å². The summed E-state index contributed by atoms with van der Waals surface area (Å²) in [7, 11) is 0. The van der Waals surface area contributed by atoms with Crippen molar-refractivity contribution in [2.45, 2.75) is 20.8 Å². The van der Waals surface area contributed by atoms with E-state index in [0.717, 1.165) is 5.71 Å². The van der Waals surface area contributed by atoms with Gasteiger partial charge in [0.15, 0.2) is 0 Å². The molecule has 6 heteroatoms. The average Bonchev–Trinajstić information content (AvgIpc) is 2.35. The van der Waals surface area contributed by atoms with E-state index in [2.05, 4.69) is 10.5 Å². The summed E-state index contributed by atoms with van der Waals surface area (Å²) < 4.78 is 0. The van der Waals surface area contributed by atoms with Crippen LogP contribution in [0.5, 0.6) is 0 Å². The molecule has 0 aromatic heterocycles. The molecule has 0 saturated carbocycles. The maximum absolute atomic E-state index is 11.7. The highest BCUT2D eigenvalue weighted by molar-refractivity contribution is 5.95. The van der Waals surface area contributed by atoms with E-state index in [-0.39, 0.29) is 17.2 Å². The van der Waals surface area contributed by atoms with E-state index < -0.39 is 10.8 Å². The number of hydrogen-bond donors (Lipinski definition) is 1. The van der Waals surface area contributed by atoms with Gasteiger partial charge in [-0.1, -0.05) is 19.9 Å². The molecular weight excluding hydrogens is 234 g/mol. The van der Waals surface area contributed by atoms with Crippen LogP contribution < -0.4 is 5.43 Å². The Morgan fingerprint density at radius 3 is 2.67 bits per heavy atom. The number of carbonyl (C=O) groups excluding carboxylic acids is 1. The summed E-state index contributed by atoms with van der Waals surface area (Å²) in [6, 6.07) is 5.52. The normalized spacial score (nSPS) is 11.4. The first kappa shape index (κ1) is 13.8. The molecule has 0 radical (unpaired) electrons. The zero-order valence-electron chi connectivity index (χ0n) is 10.5. The smallest absolute Gasteiger partial charge is 0.267 e. The van der Waals surface area contributed by atoms with Crippen molar-refractivity contribution >= 4 is 17.3 Å². The number of benzene rings is 1. The van der Waals surface area contributed by atoms with Gasteiger partial charge < -0.3 is 0 Å². The Kier molecular flexibility index (Phi) is 4.53. The molecular formula is C12H15N3O3. The lowest BCUT2D eigenvalue weighted by atomic mass is 10.1. The van der Waals surface area contributed by atoms with E-state index in [9.17, 15) is 14.9 Å². The SMILES string of the molecule is CC(=NNC(=O)c1cccc([N+](=O)[O-])c1)C(C)C. The number of non-ortho nitro benzene ring substituents is 1. The molecule has 1 aromatic rings. The highest BCUT2D eigenvalue weighted by Gasteiger charge is 2.11. The predicted molar refractivity (Wildman–Crippen MR) is 68.5 cm³/mol. The minimum absolute atomic E-state index is 0.118. The fourth-order valence-electron chi connectivity index (χ4n) is 1.09. The van der Waals surface area contributed by atoms with Crippen molar-refractivity contribution in [1.29, 1.82) is 0 Å². The summed E-state index contributed by atoms with van der Waals surface area (Å²) in [5.41, 5.74) is 3.25. The molecule has 1 N–H and O–H groups in total. The van der Waals surface area contributed by atoms with Crippen LogP contribution in [-0.4, -0.2) is 16.5 Å². The first-order valence-corrected chi connectivity index (χ1v) is 5.50. The van der Waals surface area contributed by atoms with Crippen molar-refractivity contribution in [3.8, 4) is 0 Å². The summed E-state index contributed by atoms with van der Waals surface area (Å²) in [6.07, 6.45) is 0. The molecule has 1 amide bonds. The summed E-state index contributed by atoms with van der Waals surface area (Å²) in [6.45, 7) is 5.72. The van der Waals surface area contributed by atoms with Crippen LogP contribution in [0, 0.1) is 16.0 Å². The lowest BCUT2D eigenvalue weighted by Gasteiger charge is -2.04. The third-order valence-electron chi connectivity index (χ3n) is 2.49. The third kappa shape index (κ3) is 3.65. The Labute approximate surface area is 105 Å². The van der Waals surface area contributed by atoms with Gasteiger partial charge >= 0.3 is 0 Å². The highest BCUT2D eigenvalue weighted by Crippen LogP contribution is 2.12. The van der Waals surface area contributed by atoms with Crippen LogP contribution in [0.15, 0.2) is 29.4 Å². The number of nitrogens with zero attached hydrogens (tertiary/aromatic N) is 2. The van der Waals surface area contributed by atoms with Gasteiger partial charge in [-0.25, -0.2) is 5.43 Å². The van der Waals surface area contributed by atoms with Crippen molar-refractivity contribution in [1.82, 2.24) is 5.43 Å². The van der Waals surface area contributed by atoms with Crippen LogP contribution in [0.3, 0.4) is 0 Å². The number of nitro benzene ring substituents is 1. The number of rotatable bonds is 4. The second-order valence-corrected chi connectivity index (χ2v) is 4.16. The quantitative estimate of drug-likeness (QED) is 0.505. The monoisotopic (exact) mass is 249 g/mol. The van der Waals surface area contributed by atoms with Crippen molar-refractivity contribution in [3.05, 3.63) is 39.9 Å². The van der Waals surface area contributed by atoms with Gasteiger partial charge in [-0.15, -0.1) is 0 Å². The Balaban J connectivity index is 2.82. The fraction of sp³-hybridized carbons (Fsp3) is 0.333. The van der Waals surface area contributed by atoms with E-state index in [1.54, 1.807) is 6.92 Å². The minimum Gasteiger partial charge on any atom is -0.267 e. The molecule has 0 unspecified atom stereocenters. The van der Waals surface area contributed by atoms with E-state index in [1.165, 1.54) is 24.3 Å². The number of hydrazone groups is 1. The molecule has 96 valence electrons. The topological polar surface area (TPSA) is 84.6 Å². The molecule has 18 heavy (non-hydrogen) atoms. The standard InChI is InChI=1S/C12H15N3O3/c1-8(2)9(3)13-14-12(16)10-5-4-6-11(7-10)15(17)18/h4-8H,1-3H3,(H,14,16). The van der Waals surface area contributed by atoms with Crippen LogP contribution in [0.4, 0.5) is 5.69 Å². The second-order valence-electron chi connectivity index (χ2n) is 4.16. The maximum Gasteiger partial charge on any atom is 0.271 e. The molecule has 1 aromatic carbocycles. The molecule has 0 fully saturated rings. The molecule has 0 atom stereocenters. The van der Waals surface area contributed by atoms with Gasteiger partial charge in [-0.05, 0) is 18.9 Å². The summed E-state index contributed by atoms with van der Waals surface area (Å²) in [5, 5.41) is 14.5. The number of nitrogens with one attached hydrogen (secondary N) is 1. The lowest BCUT2D eigenvalue weighted by Crippen LogP contribution is -2.20. The first-order valence-electron chi connectivity index (χ1n) is 5.50. The number of carbonyl (C=O) groups is 1. The number of nitro groups is 1. The molecule has 6 nitrogen and oxygen atoms in total. The zero-order chi connectivity index (χ0) is 13.7. The van der Waals surface area contributed by atoms with E-state index >= 15 is 0 Å². The van der Waals surface area contributed by atoms with Crippen LogP contribution in [0.1, 0.15) is 31.1 Å². The molecule has 0 heterocycles. The fourth-order valence-corrected chi connectivity index (χ4v) is 1.09. The van der Waals surface area contributed by atoms with Crippen molar-refractivity contribution < 1.29 is 9.72 Å². The van der Waals surface area contributed by atoms with Crippen LogP contribution in [0.25, 0.3) is 0 Å². The van der Waals surface area contributed by atoms with Gasteiger partial charge in [0, 0.05) is 23.4 Å². The second kappa shape index (κ2) is 5.90. The van der Waals surface area contributed by atoms with Gasteiger partial charge in [0.05, 0.1) is 4.92 Å². The van der Waals surface area contributed by atoms with Gasteiger partial charge in [0.2, 0.25) is 0 Å². The average molecular weight is 249 g/mol. The zero-order valence-corrected chi connectivity index (χ0v) is 10.5. The van der Waals surface area contributed by atoms with Gasteiger partial charge in [0.25, 0.3) is 11.6 Å². The van der Waals surface area contributed by atoms with E-state index in [1.807, 2.05) is 13.8 Å². The first-order chi connectivity index (χ1) is 8.41. The van der Waals surface area contributed by atoms with Gasteiger partial charge in [-0.2, -0.15) is 5.10 Å². The van der Waals surface area contributed by atoms with Crippen molar-refractivity contribution in [2.24, 2.45) is 11.0 Å². The Morgan fingerprint density at radius 2 is 2.11 bits per heavy atom. The molecule has 0 aliphatic heterocycles. The molecule has 0 saturated heterocycles. The Morgan fingerprint density at radius 1 is 1.44 bits per heavy atom. The molecule has 0 bridgehead atoms. The summed E-state index contributed by atoms with van der Waals surface area (Å²) in [4.78, 5) is 21.7. The van der Waals surface area contributed by atoms with Gasteiger partial charge in [-0.3, -0.25) is 14.9 Å². The number of amides is 1. The molecule has 0 aliphatic carbocycles. The summed E-state index contributed by atoms with van der Waals surface area (Å²) in [5.74, 6) is -0.228. The van der Waals surface area contributed by atoms with Crippen molar-refractivity contribution in [2.75, 3.05) is 0 Å². The summed E-state index contributed by atoms with van der Waals surface area (Å²) >= 11 is 0. The molecule has 1 rings (SSSR count). The third-order valence-corrected chi connectivity index (χ3v) is 2.49. The molecule has 0 aliphatic rings. The van der Waals surface area contributed by atoms with Crippen LogP contribution in [-0.2, 0) is 0 Å².